The topological polar surface area (TPSA) is 46.2 Å². The van der Waals surface area contributed by atoms with Crippen molar-refractivity contribution in [3.63, 3.8) is 0 Å². The zero-order valence-corrected chi connectivity index (χ0v) is 9.91. The molecule has 2 aromatic rings. The number of para-hydroxylation sites is 1. The third-order valence-electron chi connectivity index (χ3n) is 2.81. The number of nitrogens with two attached hydrogens (primary N) is 1. The maximum absolute atomic E-state index is 12.7. The number of aromatic hydroxyl groups is 1. The van der Waals surface area contributed by atoms with Crippen LogP contribution in [0.2, 0.25) is 0 Å². The lowest BCUT2D eigenvalue weighted by Crippen LogP contribution is -2.10. The normalized spacial score (nSPS) is 11.5. The quantitative estimate of drug-likeness (QED) is 0.817. The molecule has 0 bridgehead atoms. The summed E-state index contributed by atoms with van der Waals surface area (Å²) in [7, 11) is 0. The van der Waals surface area contributed by atoms with E-state index in [1.165, 1.54) is 18.2 Å². The van der Waals surface area contributed by atoms with E-state index in [0.29, 0.717) is 11.1 Å². The van der Waals surface area contributed by atoms with Gasteiger partial charge in [0.1, 0.15) is 5.75 Å². The number of hydrogen-bond donors (Lipinski definition) is 2. The van der Waals surface area contributed by atoms with Gasteiger partial charge in [0.25, 0.3) is 0 Å². The molecule has 2 nitrogen and oxygen atoms in total. The lowest BCUT2D eigenvalue weighted by Gasteiger charge is -2.13. The Hall–Kier alpha value is -2.17. The monoisotopic (exact) mass is 267 g/mol. The average Bonchev–Trinajstić information content (AvgIpc) is 2.30. The highest BCUT2D eigenvalue weighted by Crippen LogP contribution is 2.35. The summed E-state index contributed by atoms with van der Waals surface area (Å²) in [5.41, 5.74) is 5.57. The van der Waals surface area contributed by atoms with E-state index in [2.05, 4.69) is 0 Å². The number of hydrogen-bond acceptors (Lipinski definition) is 2. The molecule has 0 aliphatic carbocycles. The Kier molecular flexibility index (Phi) is 3.38. The lowest BCUT2D eigenvalue weighted by molar-refractivity contribution is -0.136. The van der Waals surface area contributed by atoms with E-state index in [-0.39, 0.29) is 17.9 Å². The van der Waals surface area contributed by atoms with E-state index in [1.54, 1.807) is 18.2 Å². The van der Waals surface area contributed by atoms with Crippen LogP contribution in [0, 0.1) is 0 Å². The maximum Gasteiger partial charge on any atom is 0.418 e. The molecule has 2 aromatic carbocycles. The summed E-state index contributed by atoms with van der Waals surface area (Å²) in [5, 5.41) is 9.33. The van der Waals surface area contributed by atoms with E-state index in [0.717, 1.165) is 6.07 Å². The molecule has 0 aromatic heterocycles. The minimum atomic E-state index is -4.46. The molecular weight excluding hydrogens is 255 g/mol. The van der Waals surface area contributed by atoms with Crippen LogP contribution in [0.4, 0.5) is 18.9 Å². The molecule has 5 heteroatoms. The lowest BCUT2D eigenvalue weighted by atomic mass is 10.00. The van der Waals surface area contributed by atoms with Crippen LogP contribution in [0.25, 0.3) is 0 Å². The van der Waals surface area contributed by atoms with Crippen molar-refractivity contribution in [2.45, 2.75) is 12.6 Å². The van der Waals surface area contributed by atoms with Crippen molar-refractivity contribution in [3.8, 4) is 5.75 Å². The highest BCUT2D eigenvalue weighted by molar-refractivity contribution is 5.56. The minimum absolute atomic E-state index is 0.0723. The molecule has 0 unspecified atom stereocenters. The van der Waals surface area contributed by atoms with Gasteiger partial charge in [-0.1, -0.05) is 24.3 Å². The standard InChI is InChI=1S/C14H12F3NO/c15-14(16,17)12-6-2-4-10(13(12)18)7-9-3-1-5-11(19)8-9/h1-6,8,19H,7,18H2. The van der Waals surface area contributed by atoms with Crippen LogP contribution >= 0.6 is 0 Å². The molecule has 0 saturated carbocycles. The zero-order valence-electron chi connectivity index (χ0n) is 9.91. The fourth-order valence-electron chi connectivity index (χ4n) is 1.90. The molecule has 2 rings (SSSR count). The van der Waals surface area contributed by atoms with Crippen molar-refractivity contribution >= 4 is 5.69 Å². The summed E-state index contributed by atoms with van der Waals surface area (Å²) in [6.45, 7) is 0. The Bertz CT molecular complexity index is 593. The molecule has 100 valence electrons. The summed E-state index contributed by atoms with van der Waals surface area (Å²) in [6.07, 6.45) is -4.22. The SMILES string of the molecule is Nc1c(Cc2cccc(O)c2)cccc1C(F)(F)F. The van der Waals surface area contributed by atoms with Crippen molar-refractivity contribution in [2.24, 2.45) is 0 Å². The van der Waals surface area contributed by atoms with Gasteiger partial charge in [-0.25, -0.2) is 0 Å². The van der Waals surface area contributed by atoms with Crippen LogP contribution in [0.5, 0.6) is 5.75 Å². The van der Waals surface area contributed by atoms with Crippen LogP contribution in [-0.4, -0.2) is 5.11 Å². The second kappa shape index (κ2) is 4.84. The molecule has 0 heterocycles. The van der Waals surface area contributed by atoms with Gasteiger partial charge in [0.2, 0.25) is 0 Å². The largest absolute Gasteiger partial charge is 0.508 e. The molecule has 3 N–H and O–H groups in total. The van der Waals surface area contributed by atoms with E-state index in [9.17, 15) is 18.3 Å². The van der Waals surface area contributed by atoms with E-state index in [1.807, 2.05) is 0 Å². The number of rotatable bonds is 2. The van der Waals surface area contributed by atoms with E-state index in [4.69, 9.17) is 5.73 Å². The third kappa shape index (κ3) is 2.99. The molecule has 0 aliphatic heterocycles. The van der Waals surface area contributed by atoms with Gasteiger partial charge in [-0.3, -0.25) is 0 Å². The number of benzene rings is 2. The van der Waals surface area contributed by atoms with E-state index >= 15 is 0 Å². The smallest absolute Gasteiger partial charge is 0.418 e. The minimum Gasteiger partial charge on any atom is -0.508 e. The first-order valence-electron chi connectivity index (χ1n) is 5.60. The van der Waals surface area contributed by atoms with Crippen molar-refractivity contribution < 1.29 is 18.3 Å². The Labute approximate surface area is 108 Å². The fraction of sp³-hybridized carbons (Fsp3) is 0.143. The molecule has 0 atom stereocenters. The van der Waals surface area contributed by atoms with Gasteiger partial charge in [0.15, 0.2) is 0 Å². The molecule has 0 aliphatic rings. The molecule has 19 heavy (non-hydrogen) atoms. The number of phenols is 1. The first kappa shape index (κ1) is 13.3. The van der Waals surface area contributed by atoms with Gasteiger partial charge < -0.3 is 10.8 Å². The first-order chi connectivity index (χ1) is 8.88. The van der Waals surface area contributed by atoms with Gasteiger partial charge in [-0.15, -0.1) is 0 Å². The van der Waals surface area contributed by atoms with Crippen molar-refractivity contribution in [1.29, 1.82) is 0 Å². The summed E-state index contributed by atoms with van der Waals surface area (Å²) >= 11 is 0. The molecule has 0 saturated heterocycles. The average molecular weight is 267 g/mol. The van der Waals surface area contributed by atoms with Crippen LogP contribution in [0.1, 0.15) is 16.7 Å². The zero-order chi connectivity index (χ0) is 14.0. The predicted octanol–water partition coefficient (Wildman–Crippen LogP) is 3.58. The maximum atomic E-state index is 12.7. The van der Waals surface area contributed by atoms with Crippen LogP contribution in [0.3, 0.4) is 0 Å². The number of anilines is 1. The predicted molar refractivity (Wildman–Crippen MR) is 66.8 cm³/mol. The van der Waals surface area contributed by atoms with Crippen LogP contribution in [-0.2, 0) is 12.6 Å². The van der Waals surface area contributed by atoms with Crippen LogP contribution in [0.15, 0.2) is 42.5 Å². The van der Waals surface area contributed by atoms with E-state index < -0.39 is 11.7 Å². The fourth-order valence-corrected chi connectivity index (χ4v) is 1.90. The van der Waals surface area contributed by atoms with Crippen molar-refractivity contribution in [3.05, 3.63) is 59.2 Å². The number of halogens is 3. The number of nitrogen functional groups attached to an aromatic ring is 1. The Morgan fingerprint density at radius 2 is 1.74 bits per heavy atom. The van der Waals surface area contributed by atoms with Gasteiger partial charge in [0, 0.05) is 5.69 Å². The summed E-state index contributed by atoms with van der Waals surface area (Å²) in [5.74, 6) is 0.0723. The second-order valence-corrected chi connectivity index (χ2v) is 4.22. The number of phenolic OH excluding ortho intramolecular Hbond substituents is 1. The Morgan fingerprint density at radius 1 is 1.05 bits per heavy atom. The molecule has 0 spiro atoms. The highest BCUT2D eigenvalue weighted by Gasteiger charge is 2.33. The van der Waals surface area contributed by atoms with Crippen molar-refractivity contribution in [2.75, 3.05) is 5.73 Å². The molecule has 0 radical (unpaired) electrons. The summed E-state index contributed by atoms with van der Waals surface area (Å²) in [4.78, 5) is 0. The summed E-state index contributed by atoms with van der Waals surface area (Å²) in [6, 6.07) is 10.2. The molecule has 0 fully saturated rings. The molecular formula is C14H12F3NO. The number of alkyl halides is 3. The van der Waals surface area contributed by atoms with Crippen LogP contribution < -0.4 is 5.73 Å². The summed E-state index contributed by atoms with van der Waals surface area (Å²) < 4.78 is 38.1. The second-order valence-electron chi connectivity index (χ2n) is 4.22. The Balaban J connectivity index is 2.36. The molecule has 0 amide bonds. The highest BCUT2D eigenvalue weighted by atomic mass is 19.4. The van der Waals surface area contributed by atoms with Gasteiger partial charge in [-0.05, 0) is 35.7 Å². The van der Waals surface area contributed by atoms with Gasteiger partial charge in [-0.2, -0.15) is 13.2 Å². The first-order valence-corrected chi connectivity index (χ1v) is 5.60. The third-order valence-corrected chi connectivity index (χ3v) is 2.81. The van der Waals surface area contributed by atoms with Gasteiger partial charge >= 0.3 is 6.18 Å². The Morgan fingerprint density at radius 3 is 2.37 bits per heavy atom. The van der Waals surface area contributed by atoms with Gasteiger partial charge in [0.05, 0.1) is 5.56 Å². The van der Waals surface area contributed by atoms with Crippen molar-refractivity contribution in [1.82, 2.24) is 0 Å².